The molecule has 0 saturated heterocycles. The average molecular weight is 304 g/mol. The van der Waals surface area contributed by atoms with Crippen molar-refractivity contribution in [2.45, 2.75) is 33.2 Å². The molecule has 2 heterocycles. The third-order valence-electron chi connectivity index (χ3n) is 3.83. The molecule has 1 aliphatic heterocycles. The Labute approximate surface area is 128 Å². The molecule has 0 saturated carbocycles. The van der Waals surface area contributed by atoms with Gasteiger partial charge in [-0.05, 0) is 27.2 Å². The number of carbonyl (C=O) groups excluding carboxylic acids is 1. The minimum atomic E-state index is -1.32. The molecular formula is C16H20N2O4. The van der Waals surface area contributed by atoms with Crippen molar-refractivity contribution in [2.75, 3.05) is 13.1 Å². The Morgan fingerprint density at radius 1 is 1.23 bits per heavy atom. The molecule has 1 N–H and O–H groups in total. The molecule has 0 aliphatic carbocycles. The van der Waals surface area contributed by atoms with E-state index in [-0.39, 0.29) is 17.2 Å². The minimum Gasteiger partial charge on any atom is -0.477 e. The largest absolute Gasteiger partial charge is 0.477 e. The van der Waals surface area contributed by atoms with Crippen LogP contribution in [0.25, 0.3) is 0 Å². The van der Waals surface area contributed by atoms with E-state index in [1.165, 1.54) is 18.0 Å². The summed E-state index contributed by atoms with van der Waals surface area (Å²) in [5.74, 6) is -1.73. The second kappa shape index (κ2) is 6.17. The topological polar surface area (TPSA) is 79.6 Å². The van der Waals surface area contributed by atoms with Crippen LogP contribution in [0.4, 0.5) is 0 Å². The first-order valence-electron chi connectivity index (χ1n) is 7.25. The zero-order valence-corrected chi connectivity index (χ0v) is 13.0. The molecule has 22 heavy (non-hydrogen) atoms. The van der Waals surface area contributed by atoms with Gasteiger partial charge in [-0.15, -0.1) is 0 Å². The van der Waals surface area contributed by atoms with Gasteiger partial charge in [0.05, 0.1) is 0 Å². The number of nitrogens with zero attached hydrogens (tertiary/aromatic N) is 2. The summed E-state index contributed by atoms with van der Waals surface area (Å²) in [7, 11) is 0. The summed E-state index contributed by atoms with van der Waals surface area (Å²) in [4.78, 5) is 37.7. The van der Waals surface area contributed by atoms with Crippen LogP contribution in [0.5, 0.6) is 0 Å². The molecule has 6 heteroatoms. The number of amides is 1. The van der Waals surface area contributed by atoms with E-state index in [0.717, 1.165) is 6.42 Å². The summed E-state index contributed by atoms with van der Waals surface area (Å²) >= 11 is 0. The summed E-state index contributed by atoms with van der Waals surface area (Å²) in [5.41, 5.74) is 0.0356. The number of hydrogen-bond acceptors (Lipinski definition) is 3. The summed E-state index contributed by atoms with van der Waals surface area (Å²) in [6, 6.07) is -0.0475. The van der Waals surface area contributed by atoms with Gasteiger partial charge >= 0.3 is 5.97 Å². The number of pyridine rings is 1. The molecule has 0 spiro atoms. The van der Waals surface area contributed by atoms with E-state index in [9.17, 15) is 19.5 Å². The highest BCUT2D eigenvalue weighted by molar-refractivity contribution is 5.97. The second-order valence-corrected chi connectivity index (χ2v) is 5.81. The molecule has 1 aliphatic rings. The molecule has 0 radical (unpaired) electrons. The molecule has 1 amide bonds. The van der Waals surface area contributed by atoms with Crippen LogP contribution in [0.15, 0.2) is 28.8 Å². The smallest absolute Gasteiger partial charge is 0.341 e. The predicted octanol–water partition coefficient (Wildman–Crippen LogP) is 1.92. The Kier molecular flexibility index (Phi) is 4.49. The molecule has 0 unspecified atom stereocenters. The Bertz CT molecular complexity index is 701. The number of aromatic carboxylic acids is 1. The molecule has 0 aromatic carbocycles. The first-order chi connectivity index (χ1) is 10.3. The fraction of sp³-hybridized carbons (Fsp3) is 0.438. The van der Waals surface area contributed by atoms with E-state index >= 15 is 0 Å². The van der Waals surface area contributed by atoms with Crippen molar-refractivity contribution < 1.29 is 14.7 Å². The lowest BCUT2D eigenvalue weighted by Gasteiger charge is -2.26. The fourth-order valence-electron chi connectivity index (χ4n) is 2.33. The van der Waals surface area contributed by atoms with Crippen molar-refractivity contribution in [2.24, 2.45) is 0 Å². The van der Waals surface area contributed by atoms with E-state index in [2.05, 4.69) is 0 Å². The predicted molar refractivity (Wildman–Crippen MR) is 82.3 cm³/mol. The highest BCUT2D eigenvalue weighted by atomic mass is 16.4. The van der Waals surface area contributed by atoms with Gasteiger partial charge in [0.25, 0.3) is 5.91 Å². The van der Waals surface area contributed by atoms with E-state index < -0.39 is 17.3 Å². The molecule has 6 nitrogen and oxygen atoms in total. The summed E-state index contributed by atoms with van der Waals surface area (Å²) in [6.45, 7) is 6.70. The van der Waals surface area contributed by atoms with Crippen molar-refractivity contribution in [1.29, 1.82) is 0 Å². The van der Waals surface area contributed by atoms with Crippen molar-refractivity contribution in [1.82, 2.24) is 9.47 Å². The van der Waals surface area contributed by atoms with Crippen LogP contribution in [0.2, 0.25) is 0 Å². The van der Waals surface area contributed by atoms with Gasteiger partial charge in [0.2, 0.25) is 5.43 Å². The number of aromatic nitrogens is 1. The van der Waals surface area contributed by atoms with Crippen LogP contribution in [0, 0.1) is 0 Å². The third kappa shape index (κ3) is 3.10. The van der Waals surface area contributed by atoms with Crippen LogP contribution in [-0.2, 0) is 0 Å². The Morgan fingerprint density at radius 2 is 1.86 bits per heavy atom. The van der Waals surface area contributed by atoms with Gasteiger partial charge in [0.15, 0.2) is 0 Å². The third-order valence-corrected chi connectivity index (χ3v) is 3.83. The maximum Gasteiger partial charge on any atom is 0.341 e. The lowest BCUT2D eigenvalue weighted by Crippen LogP contribution is -2.38. The lowest BCUT2D eigenvalue weighted by atomic mass is 10.1. The number of carbonyl (C=O) groups is 2. The molecular weight excluding hydrogens is 284 g/mol. The highest BCUT2D eigenvalue weighted by Crippen LogP contribution is 2.13. The minimum absolute atomic E-state index is 0.0475. The van der Waals surface area contributed by atoms with Crippen LogP contribution >= 0.6 is 0 Å². The van der Waals surface area contributed by atoms with E-state index in [4.69, 9.17) is 0 Å². The van der Waals surface area contributed by atoms with E-state index in [0.29, 0.717) is 13.1 Å². The monoisotopic (exact) mass is 304 g/mol. The van der Waals surface area contributed by atoms with Crippen molar-refractivity contribution in [3.63, 3.8) is 0 Å². The molecule has 1 aromatic heterocycles. The van der Waals surface area contributed by atoms with Gasteiger partial charge < -0.3 is 14.6 Å². The van der Waals surface area contributed by atoms with Gasteiger partial charge in [-0.1, -0.05) is 11.6 Å². The van der Waals surface area contributed by atoms with Crippen molar-refractivity contribution in [3.05, 3.63) is 45.4 Å². The van der Waals surface area contributed by atoms with E-state index in [1.54, 1.807) is 9.47 Å². The Hall–Kier alpha value is -2.37. The van der Waals surface area contributed by atoms with Crippen molar-refractivity contribution in [3.8, 4) is 0 Å². The van der Waals surface area contributed by atoms with Gasteiger partial charge in [-0.2, -0.15) is 0 Å². The quantitative estimate of drug-likeness (QED) is 0.865. The summed E-state index contributed by atoms with van der Waals surface area (Å²) in [6.07, 6.45) is 5.45. The van der Waals surface area contributed by atoms with Gasteiger partial charge in [-0.25, -0.2) is 4.79 Å². The Balaban J connectivity index is 2.47. The summed E-state index contributed by atoms with van der Waals surface area (Å²) in [5, 5.41) is 9.18. The SMILES string of the molecule is CC1=CCN(C(=O)c2cn(C(C)C)cc(C(=O)O)c2=O)CC1. The van der Waals surface area contributed by atoms with Crippen LogP contribution in [-0.4, -0.2) is 39.5 Å². The molecule has 0 bridgehead atoms. The van der Waals surface area contributed by atoms with Crippen molar-refractivity contribution >= 4 is 11.9 Å². The number of hydrogen-bond donors (Lipinski definition) is 1. The fourth-order valence-corrected chi connectivity index (χ4v) is 2.33. The van der Waals surface area contributed by atoms with Gasteiger partial charge in [0.1, 0.15) is 11.1 Å². The summed E-state index contributed by atoms with van der Waals surface area (Å²) < 4.78 is 1.59. The zero-order chi connectivity index (χ0) is 16.4. The molecule has 2 rings (SSSR count). The second-order valence-electron chi connectivity index (χ2n) is 5.81. The standard InChI is InChI=1S/C16H20N2O4/c1-10(2)18-8-12(14(19)13(9-18)16(21)22)15(20)17-6-4-11(3)5-7-17/h4,8-10H,5-7H2,1-3H3,(H,21,22). The zero-order valence-electron chi connectivity index (χ0n) is 13.0. The molecule has 0 fully saturated rings. The first kappa shape index (κ1) is 16.0. The van der Waals surface area contributed by atoms with Crippen LogP contribution in [0.1, 0.15) is 53.9 Å². The highest BCUT2D eigenvalue weighted by Gasteiger charge is 2.24. The maximum absolute atomic E-state index is 12.6. The van der Waals surface area contributed by atoms with E-state index in [1.807, 2.05) is 26.8 Å². The maximum atomic E-state index is 12.6. The number of rotatable bonds is 3. The Morgan fingerprint density at radius 3 is 2.36 bits per heavy atom. The number of carboxylic acids is 1. The van der Waals surface area contributed by atoms with Crippen LogP contribution in [0.3, 0.4) is 0 Å². The van der Waals surface area contributed by atoms with Gasteiger partial charge in [-0.3, -0.25) is 9.59 Å². The van der Waals surface area contributed by atoms with Crippen LogP contribution < -0.4 is 5.43 Å². The molecule has 118 valence electrons. The lowest BCUT2D eigenvalue weighted by molar-refractivity contribution is 0.0694. The molecule has 0 atom stereocenters. The number of carboxylic acid groups (broad SMARTS) is 1. The van der Waals surface area contributed by atoms with Gasteiger partial charge in [0, 0.05) is 31.5 Å². The normalized spacial score (nSPS) is 14.9. The first-order valence-corrected chi connectivity index (χ1v) is 7.25. The average Bonchev–Trinajstić information content (AvgIpc) is 2.47. The molecule has 1 aromatic rings.